The molecule has 0 atom stereocenters. The molecule has 0 fully saturated rings. The largest absolute Gasteiger partial charge is 0.454 e. The van der Waals surface area contributed by atoms with Gasteiger partial charge in [0.15, 0.2) is 11.5 Å². The number of fused-ring (bicyclic) bond motifs is 3. The third-order valence-corrected chi connectivity index (χ3v) is 4.66. The first-order chi connectivity index (χ1) is 9.97. The maximum atomic E-state index is 14.2. The molecular weight excluding hydrogens is 412 g/mol. The van der Waals surface area contributed by atoms with Gasteiger partial charge in [-0.05, 0) is 33.0 Å². The monoisotopic (exact) mass is 421 g/mol. The van der Waals surface area contributed by atoms with E-state index in [1.165, 1.54) is 0 Å². The van der Waals surface area contributed by atoms with Crippen LogP contribution in [0.5, 0.6) is 11.5 Å². The highest BCUT2D eigenvalue weighted by atomic mass is 79.9. The first-order valence-electron chi connectivity index (χ1n) is 6.31. The number of aromatic nitrogens is 1. The maximum absolute atomic E-state index is 14.2. The van der Waals surface area contributed by atoms with Gasteiger partial charge in [0.25, 0.3) is 0 Å². The van der Waals surface area contributed by atoms with Crippen LogP contribution in [0.15, 0.2) is 4.60 Å². The Morgan fingerprint density at radius 3 is 2.43 bits per heavy atom. The van der Waals surface area contributed by atoms with E-state index in [9.17, 15) is 8.78 Å². The summed E-state index contributed by atoms with van der Waals surface area (Å²) in [6, 6.07) is 0. The zero-order valence-corrected chi connectivity index (χ0v) is 14.4. The van der Waals surface area contributed by atoms with E-state index in [1.54, 1.807) is 0 Å². The molecule has 0 spiro atoms. The van der Waals surface area contributed by atoms with Crippen LogP contribution in [0.25, 0.3) is 10.9 Å². The van der Waals surface area contributed by atoms with Crippen LogP contribution >= 0.6 is 31.9 Å². The van der Waals surface area contributed by atoms with Crippen LogP contribution in [-0.2, 0) is 5.33 Å². The summed E-state index contributed by atoms with van der Waals surface area (Å²) in [6.07, 6.45) is 0. The first kappa shape index (κ1) is 15.0. The third-order valence-electron chi connectivity index (χ3n) is 3.44. The molecule has 1 aromatic carbocycles. The van der Waals surface area contributed by atoms with Gasteiger partial charge < -0.3 is 9.47 Å². The highest BCUT2D eigenvalue weighted by Crippen LogP contribution is 2.46. The number of nitrogens with zero attached hydrogens (tertiary/aromatic N) is 1. The molecule has 7 heteroatoms. The maximum Gasteiger partial charge on any atom is 0.231 e. The number of hydrogen-bond acceptors (Lipinski definition) is 3. The fraction of sp³-hybridized carbons (Fsp3) is 0.357. The summed E-state index contributed by atoms with van der Waals surface area (Å²) in [4.78, 5) is 4.34. The molecule has 3 heterocycles. The number of ether oxygens (including phenoxy) is 2. The Balaban J connectivity index is 2.58. The summed E-state index contributed by atoms with van der Waals surface area (Å²) >= 11 is 6.81. The molecule has 2 bridgehead atoms. The van der Waals surface area contributed by atoms with Crippen LogP contribution in [-0.4, -0.2) is 11.8 Å². The highest BCUT2D eigenvalue weighted by Gasteiger charge is 2.31. The summed E-state index contributed by atoms with van der Waals surface area (Å²) < 4.78 is 39.2. The third kappa shape index (κ3) is 2.12. The summed E-state index contributed by atoms with van der Waals surface area (Å²) in [5, 5.41) is 1.02. The van der Waals surface area contributed by atoms with Gasteiger partial charge in [-0.1, -0.05) is 29.8 Å². The number of rotatable bonds is 2. The van der Waals surface area contributed by atoms with Gasteiger partial charge in [0, 0.05) is 5.33 Å². The first-order valence-corrected chi connectivity index (χ1v) is 8.23. The second-order valence-electron chi connectivity index (χ2n) is 5.00. The summed E-state index contributed by atoms with van der Waals surface area (Å²) in [5.41, 5.74) is 2.03. The SMILES string of the molecule is CC(C)c1c(CBr)c(Br)nc2c3c(F)c(F)c(c12)OCO3. The molecular formula is C14H11Br2F2NO2. The minimum Gasteiger partial charge on any atom is -0.454 e. The predicted octanol–water partition coefficient (Wildman–Crippen LogP) is 5.02. The lowest BCUT2D eigenvalue weighted by Crippen LogP contribution is -2.03. The molecule has 0 radical (unpaired) electrons. The van der Waals surface area contributed by atoms with Crippen molar-refractivity contribution in [2.45, 2.75) is 25.1 Å². The van der Waals surface area contributed by atoms with Crippen LogP contribution in [0.4, 0.5) is 8.78 Å². The Morgan fingerprint density at radius 2 is 1.81 bits per heavy atom. The average Bonchev–Trinajstić information content (AvgIpc) is 2.70. The van der Waals surface area contributed by atoms with Crippen LogP contribution in [0, 0.1) is 11.6 Å². The molecule has 3 nitrogen and oxygen atoms in total. The number of halogens is 4. The van der Waals surface area contributed by atoms with Gasteiger partial charge in [0.05, 0.1) is 5.39 Å². The Labute approximate surface area is 136 Å². The molecule has 2 aliphatic heterocycles. The smallest absolute Gasteiger partial charge is 0.231 e. The zero-order chi connectivity index (χ0) is 15.3. The lowest BCUT2D eigenvalue weighted by atomic mass is 9.93. The molecule has 0 saturated heterocycles. The fourth-order valence-electron chi connectivity index (χ4n) is 2.60. The second-order valence-corrected chi connectivity index (χ2v) is 6.31. The molecule has 1 aromatic heterocycles. The van der Waals surface area contributed by atoms with Crippen molar-refractivity contribution in [3.05, 3.63) is 27.4 Å². The van der Waals surface area contributed by atoms with E-state index in [0.717, 1.165) is 11.1 Å². The molecule has 21 heavy (non-hydrogen) atoms. The van der Waals surface area contributed by atoms with Gasteiger partial charge in [-0.25, -0.2) is 4.98 Å². The van der Waals surface area contributed by atoms with Crippen molar-refractivity contribution in [3.63, 3.8) is 0 Å². The molecule has 0 amide bonds. The zero-order valence-electron chi connectivity index (χ0n) is 11.3. The van der Waals surface area contributed by atoms with E-state index < -0.39 is 11.6 Å². The molecule has 2 aliphatic rings. The number of pyridine rings is 1. The van der Waals surface area contributed by atoms with E-state index in [-0.39, 0.29) is 29.7 Å². The van der Waals surface area contributed by atoms with Gasteiger partial charge in [0.2, 0.25) is 18.4 Å². The number of alkyl halides is 1. The highest BCUT2D eigenvalue weighted by molar-refractivity contribution is 9.10. The van der Waals surface area contributed by atoms with Crippen molar-refractivity contribution >= 4 is 42.8 Å². The second kappa shape index (κ2) is 5.35. The van der Waals surface area contributed by atoms with E-state index in [1.807, 2.05) is 13.8 Å². The van der Waals surface area contributed by atoms with Crippen molar-refractivity contribution in [1.82, 2.24) is 4.98 Å². The van der Waals surface area contributed by atoms with Gasteiger partial charge in [-0.2, -0.15) is 8.78 Å². The Morgan fingerprint density at radius 1 is 1.19 bits per heavy atom. The molecule has 0 unspecified atom stereocenters. The van der Waals surface area contributed by atoms with Crippen LogP contribution < -0.4 is 9.47 Å². The molecule has 4 rings (SSSR count). The van der Waals surface area contributed by atoms with Crippen LogP contribution in [0.1, 0.15) is 30.9 Å². The lowest BCUT2D eigenvalue weighted by molar-refractivity contribution is 0.125. The van der Waals surface area contributed by atoms with Crippen LogP contribution in [0.2, 0.25) is 0 Å². The Hall–Kier alpha value is -0.950. The summed E-state index contributed by atoms with van der Waals surface area (Å²) in [6.45, 7) is 3.73. The fourth-order valence-corrected chi connectivity index (χ4v) is 4.07. The normalized spacial score (nSPS) is 13.5. The minimum absolute atomic E-state index is 0.0810. The van der Waals surface area contributed by atoms with Gasteiger partial charge in [-0.3, -0.25) is 0 Å². The van der Waals surface area contributed by atoms with Crippen molar-refractivity contribution in [2.75, 3.05) is 6.79 Å². The average molecular weight is 423 g/mol. The Bertz CT molecular complexity index is 750. The van der Waals surface area contributed by atoms with Crippen molar-refractivity contribution < 1.29 is 18.3 Å². The van der Waals surface area contributed by atoms with Gasteiger partial charge in [0.1, 0.15) is 10.1 Å². The number of benzene rings is 1. The van der Waals surface area contributed by atoms with E-state index >= 15 is 0 Å². The standard InChI is InChI=1S/C14H11Br2F2NO2/c1-5(2)7-6(3-15)14(16)19-11-8(7)12-9(17)10(18)13(11)21-4-20-12/h5H,3-4H2,1-2H3. The van der Waals surface area contributed by atoms with Crippen LogP contribution in [0.3, 0.4) is 0 Å². The molecule has 0 aliphatic carbocycles. The quantitative estimate of drug-likeness (QED) is 0.502. The molecule has 0 saturated carbocycles. The van der Waals surface area contributed by atoms with Gasteiger partial charge >= 0.3 is 0 Å². The summed E-state index contributed by atoms with van der Waals surface area (Å²) in [7, 11) is 0. The lowest BCUT2D eigenvalue weighted by Gasteiger charge is -2.18. The van der Waals surface area contributed by atoms with E-state index in [0.29, 0.717) is 15.3 Å². The van der Waals surface area contributed by atoms with Gasteiger partial charge in [-0.15, -0.1) is 0 Å². The minimum atomic E-state index is -1.06. The summed E-state index contributed by atoms with van der Waals surface area (Å²) in [5.74, 6) is -2.34. The molecule has 2 aromatic rings. The Kier molecular flexibility index (Phi) is 3.81. The molecule has 112 valence electrons. The topological polar surface area (TPSA) is 31.4 Å². The predicted molar refractivity (Wildman–Crippen MR) is 82.2 cm³/mol. The van der Waals surface area contributed by atoms with Crippen molar-refractivity contribution in [2.24, 2.45) is 0 Å². The van der Waals surface area contributed by atoms with Crippen molar-refractivity contribution in [3.8, 4) is 11.5 Å². The van der Waals surface area contributed by atoms with Crippen molar-refractivity contribution in [1.29, 1.82) is 0 Å². The van der Waals surface area contributed by atoms with E-state index in [4.69, 9.17) is 9.47 Å². The van der Waals surface area contributed by atoms with E-state index in [2.05, 4.69) is 36.8 Å². The number of hydrogen-bond donors (Lipinski definition) is 0. The molecule has 0 N–H and O–H groups in total.